The number of amides is 1. The van der Waals surface area contributed by atoms with Gasteiger partial charge in [0.05, 0.1) is 30.3 Å². The number of anilines is 1. The van der Waals surface area contributed by atoms with Crippen LogP contribution in [-0.2, 0) is 4.79 Å². The maximum Gasteiger partial charge on any atom is 0.309 e. The summed E-state index contributed by atoms with van der Waals surface area (Å²) in [6.07, 6.45) is 0. The van der Waals surface area contributed by atoms with E-state index in [-0.39, 0.29) is 11.8 Å². The van der Waals surface area contributed by atoms with Gasteiger partial charge in [-0.15, -0.1) is 11.3 Å². The number of methoxy groups -OCH3 is 2. The van der Waals surface area contributed by atoms with Crippen LogP contribution in [0.3, 0.4) is 0 Å². The summed E-state index contributed by atoms with van der Waals surface area (Å²) < 4.78 is 31.9. The molecular formula is C30H24FN3O5S. The number of halogens is 1. The van der Waals surface area contributed by atoms with E-state index in [1.165, 1.54) is 54.3 Å². The number of ether oxygens (including phenoxy) is 3. The van der Waals surface area contributed by atoms with Gasteiger partial charge in [-0.05, 0) is 65.5 Å². The van der Waals surface area contributed by atoms with Crippen molar-refractivity contribution in [2.24, 2.45) is 0 Å². The van der Waals surface area contributed by atoms with Gasteiger partial charge in [-0.3, -0.25) is 9.59 Å². The quantitative estimate of drug-likeness (QED) is 0.216. The lowest BCUT2D eigenvalue weighted by molar-refractivity contribution is -0.132. The van der Waals surface area contributed by atoms with Gasteiger partial charge in [-0.1, -0.05) is 18.2 Å². The molecule has 40 heavy (non-hydrogen) atoms. The van der Waals surface area contributed by atoms with Crippen LogP contribution in [0.4, 0.5) is 10.1 Å². The zero-order valence-corrected chi connectivity index (χ0v) is 22.6. The molecule has 0 unspecified atom stereocenters. The minimum absolute atomic E-state index is 0.141. The van der Waals surface area contributed by atoms with Crippen molar-refractivity contribution in [3.63, 3.8) is 0 Å². The molecule has 0 aliphatic carbocycles. The Bertz CT molecular complexity index is 1660. The van der Waals surface area contributed by atoms with Gasteiger partial charge in [0.2, 0.25) is 5.88 Å². The Kier molecular flexibility index (Phi) is 7.61. The van der Waals surface area contributed by atoms with Crippen LogP contribution in [0.5, 0.6) is 17.4 Å². The Hall–Kier alpha value is -4.96. The predicted molar refractivity (Wildman–Crippen MR) is 151 cm³/mol. The van der Waals surface area contributed by atoms with Crippen LogP contribution < -0.4 is 19.5 Å². The molecule has 0 atom stereocenters. The lowest BCUT2D eigenvalue weighted by Gasteiger charge is -2.12. The van der Waals surface area contributed by atoms with Crippen molar-refractivity contribution in [1.29, 1.82) is 0 Å². The summed E-state index contributed by atoms with van der Waals surface area (Å²) in [7, 11) is 3.09. The van der Waals surface area contributed by atoms with Crippen molar-refractivity contribution in [3.05, 3.63) is 94.9 Å². The van der Waals surface area contributed by atoms with Gasteiger partial charge < -0.3 is 19.5 Å². The highest BCUT2D eigenvalue weighted by Crippen LogP contribution is 2.44. The summed E-state index contributed by atoms with van der Waals surface area (Å²) in [4.78, 5) is 25.4. The molecule has 0 aliphatic heterocycles. The third kappa shape index (κ3) is 5.43. The molecule has 10 heteroatoms. The number of esters is 1. The molecule has 0 spiro atoms. The van der Waals surface area contributed by atoms with Gasteiger partial charge in [0.25, 0.3) is 5.91 Å². The van der Waals surface area contributed by atoms with E-state index < -0.39 is 11.8 Å². The fourth-order valence-corrected chi connectivity index (χ4v) is 4.77. The number of thiophene rings is 1. The van der Waals surface area contributed by atoms with Crippen molar-refractivity contribution >= 4 is 28.9 Å². The molecule has 202 valence electrons. The van der Waals surface area contributed by atoms with Gasteiger partial charge in [-0.25, -0.2) is 4.39 Å². The monoisotopic (exact) mass is 557 g/mol. The van der Waals surface area contributed by atoms with Crippen molar-refractivity contribution < 1.29 is 28.2 Å². The normalized spacial score (nSPS) is 10.7. The molecule has 0 saturated carbocycles. The highest BCUT2D eigenvalue weighted by molar-refractivity contribution is 7.12. The highest BCUT2D eigenvalue weighted by Gasteiger charge is 2.26. The van der Waals surface area contributed by atoms with Crippen molar-refractivity contribution in [3.8, 4) is 45.5 Å². The molecule has 1 N–H and O–H groups in total. The summed E-state index contributed by atoms with van der Waals surface area (Å²) in [5.74, 6) is 0.0307. The molecule has 2 aromatic heterocycles. The lowest BCUT2D eigenvalue weighted by atomic mass is 10.00. The van der Waals surface area contributed by atoms with Crippen molar-refractivity contribution in [2.45, 2.75) is 6.92 Å². The van der Waals surface area contributed by atoms with E-state index in [1.54, 1.807) is 55.6 Å². The number of aromatic nitrogens is 2. The maximum absolute atomic E-state index is 13.7. The number of nitrogens with zero attached hydrogens (tertiary/aromatic N) is 2. The Morgan fingerprint density at radius 1 is 0.950 bits per heavy atom. The Morgan fingerprint density at radius 3 is 2.33 bits per heavy atom. The summed E-state index contributed by atoms with van der Waals surface area (Å²) in [5.41, 5.74) is 3.30. The fraction of sp³-hybridized carbons (Fsp3) is 0.100. The third-order valence-corrected chi connectivity index (χ3v) is 6.86. The largest absolute Gasteiger partial charge is 0.497 e. The second kappa shape index (κ2) is 11.4. The average Bonchev–Trinajstić information content (AvgIpc) is 3.62. The average molecular weight is 558 g/mol. The summed E-state index contributed by atoms with van der Waals surface area (Å²) in [6, 6.07) is 21.6. The smallest absolute Gasteiger partial charge is 0.309 e. The van der Waals surface area contributed by atoms with Crippen molar-refractivity contribution in [1.82, 2.24) is 9.78 Å². The number of benzene rings is 3. The second-order valence-electron chi connectivity index (χ2n) is 8.59. The van der Waals surface area contributed by atoms with E-state index in [2.05, 4.69) is 5.32 Å². The van der Waals surface area contributed by atoms with Crippen LogP contribution in [-0.4, -0.2) is 35.9 Å². The first-order valence-corrected chi connectivity index (χ1v) is 13.0. The van der Waals surface area contributed by atoms with Gasteiger partial charge in [-0.2, -0.15) is 9.78 Å². The van der Waals surface area contributed by atoms with Gasteiger partial charge in [0.15, 0.2) is 0 Å². The lowest BCUT2D eigenvalue weighted by Crippen LogP contribution is -2.10. The summed E-state index contributed by atoms with van der Waals surface area (Å²) >= 11 is 1.35. The fourth-order valence-electron chi connectivity index (χ4n) is 4.15. The molecule has 5 aromatic rings. The SMILES string of the molecule is COc1ccc(-c2nn(-c3ccc(F)cc3)c(OC(C)=O)c2-c2ccc(NC(=O)c3cccs3)cc2)c(OC)c1. The molecule has 2 heterocycles. The molecule has 0 aliphatic rings. The van der Waals surface area contributed by atoms with Gasteiger partial charge >= 0.3 is 5.97 Å². The molecule has 0 bridgehead atoms. The molecule has 1 amide bonds. The molecular weight excluding hydrogens is 533 g/mol. The first-order chi connectivity index (χ1) is 19.4. The Labute approximate surface area is 233 Å². The van der Waals surface area contributed by atoms with Crippen LogP contribution >= 0.6 is 11.3 Å². The Balaban J connectivity index is 1.68. The first kappa shape index (κ1) is 26.6. The van der Waals surface area contributed by atoms with Crippen LogP contribution in [0.15, 0.2) is 84.2 Å². The molecule has 8 nitrogen and oxygen atoms in total. The first-order valence-electron chi connectivity index (χ1n) is 12.1. The minimum Gasteiger partial charge on any atom is -0.497 e. The third-order valence-electron chi connectivity index (χ3n) is 5.99. The number of hydrogen-bond acceptors (Lipinski definition) is 7. The number of nitrogens with one attached hydrogen (secondary N) is 1. The Morgan fingerprint density at radius 2 is 1.70 bits per heavy atom. The number of carbonyl (C=O) groups excluding carboxylic acids is 2. The number of rotatable bonds is 8. The second-order valence-corrected chi connectivity index (χ2v) is 9.53. The van der Waals surface area contributed by atoms with Crippen LogP contribution in [0, 0.1) is 5.82 Å². The minimum atomic E-state index is -0.558. The van der Waals surface area contributed by atoms with Gasteiger partial charge in [0.1, 0.15) is 23.0 Å². The van der Waals surface area contributed by atoms with Crippen LogP contribution in [0.2, 0.25) is 0 Å². The molecule has 0 radical (unpaired) electrons. The van der Waals surface area contributed by atoms with Crippen LogP contribution in [0.1, 0.15) is 16.6 Å². The topological polar surface area (TPSA) is 91.7 Å². The van der Waals surface area contributed by atoms with Crippen LogP contribution in [0.25, 0.3) is 28.1 Å². The summed E-state index contributed by atoms with van der Waals surface area (Å²) in [6.45, 7) is 1.29. The van der Waals surface area contributed by atoms with Crippen molar-refractivity contribution in [2.75, 3.05) is 19.5 Å². The zero-order valence-electron chi connectivity index (χ0n) is 21.8. The predicted octanol–water partition coefficient (Wildman–Crippen LogP) is 6.60. The highest BCUT2D eigenvalue weighted by atomic mass is 32.1. The maximum atomic E-state index is 13.7. The number of carbonyl (C=O) groups is 2. The molecule has 0 saturated heterocycles. The molecule has 3 aromatic carbocycles. The van der Waals surface area contributed by atoms with Gasteiger partial charge in [0, 0.05) is 24.2 Å². The molecule has 0 fully saturated rings. The van der Waals surface area contributed by atoms with E-state index in [0.29, 0.717) is 50.1 Å². The number of hydrogen-bond donors (Lipinski definition) is 1. The standard InChI is InChI=1S/C30H24FN3O5S/c1-18(35)39-30-27(19-6-10-21(11-7-19)32-29(36)26-5-4-16-40-26)28(24-15-14-23(37-2)17-25(24)38-3)33-34(30)22-12-8-20(31)9-13-22/h4-17H,1-3H3,(H,32,36). The van der Waals surface area contributed by atoms with E-state index >= 15 is 0 Å². The molecule has 5 rings (SSSR count). The van der Waals surface area contributed by atoms with E-state index in [0.717, 1.165) is 0 Å². The van der Waals surface area contributed by atoms with E-state index in [9.17, 15) is 14.0 Å². The summed E-state index contributed by atoms with van der Waals surface area (Å²) in [5, 5.41) is 9.52. The van der Waals surface area contributed by atoms with E-state index in [1.807, 2.05) is 11.4 Å². The zero-order chi connectivity index (χ0) is 28.2. The van der Waals surface area contributed by atoms with E-state index in [4.69, 9.17) is 19.3 Å².